The number of carbonyl (C=O) groups excluding carboxylic acids is 1. The van der Waals surface area contributed by atoms with Gasteiger partial charge in [0.25, 0.3) is 0 Å². The zero-order chi connectivity index (χ0) is 10.1. The molecule has 1 aliphatic rings. The predicted octanol–water partition coefficient (Wildman–Crippen LogP) is 2.60. The first-order chi connectivity index (χ1) is 6.72. The predicted molar refractivity (Wildman–Crippen MR) is 54.8 cm³/mol. The summed E-state index contributed by atoms with van der Waals surface area (Å²) in [5.41, 5.74) is 1.86. The average Bonchev–Trinajstić information content (AvgIpc) is 3.00. The lowest BCUT2D eigenvalue weighted by Gasteiger charge is -2.07. The maximum atomic E-state index is 11.8. The molecule has 0 heterocycles. The summed E-state index contributed by atoms with van der Waals surface area (Å²) in [6.45, 7) is 1.99. The molecule has 0 amide bonds. The summed E-state index contributed by atoms with van der Waals surface area (Å²) in [5.74, 6) is 1.20. The van der Waals surface area contributed by atoms with Crippen LogP contribution in [0.4, 0.5) is 0 Å². The second-order valence-electron chi connectivity index (χ2n) is 3.84. The van der Waals surface area contributed by atoms with E-state index in [1.165, 1.54) is 0 Å². The number of ketones is 1. The van der Waals surface area contributed by atoms with E-state index in [4.69, 9.17) is 4.74 Å². The molecule has 0 N–H and O–H groups in total. The topological polar surface area (TPSA) is 26.3 Å². The Bertz CT molecular complexity index is 365. The molecule has 0 unspecified atom stereocenters. The van der Waals surface area contributed by atoms with Gasteiger partial charge in [-0.05, 0) is 37.5 Å². The van der Waals surface area contributed by atoms with E-state index in [2.05, 4.69) is 0 Å². The number of methoxy groups -OCH3 is 1. The van der Waals surface area contributed by atoms with E-state index in [1.807, 2.05) is 25.1 Å². The van der Waals surface area contributed by atoms with E-state index in [0.717, 1.165) is 24.0 Å². The van der Waals surface area contributed by atoms with Crippen LogP contribution in [0.2, 0.25) is 0 Å². The van der Waals surface area contributed by atoms with Gasteiger partial charge in [0.05, 0.1) is 12.7 Å². The molecule has 0 bridgehead atoms. The van der Waals surface area contributed by atoms with E-state index in [-0.39, 0.29) is 11.7 Å². The maximum Gasteiger partial charge on any atom is 0.169 e. The van der Waals surface area contributed by atoms with E-state index >= 15 is 0 Å². The third-order valence-electron chi connectivity index (χ3n) is 2.57. The van der Waals surface area contributed by atoms with Gasteiger partial charge >= 0.3 is 0 Å². The fourth-order valence-electron chi connectivity index (χ4n) is 1.57. The van der Waals surface area contributed by atoms with E-state index < -0.39 is 0 Å². The van der Waals surface area contributed by atoms with Crippen LogP contribution in [-0.4, -0.2) is 12.9 Å². The molecule has 14 heavy (non-hydrogen) atoms. The number of rotatable bonds is 3. The van der Waals surface area contributed by atoms with Crippen LogP contribution in [0, 0.1) is 12.8 Å². The van der Waals surface area contributed by atoms with Crippen LogP contribution in [0.15, 0.2) is 18.2 Å². The van der Waals surface area contributed by atoms with Gasteiger partial charge in [0.2, 0.25) is 0 Å². The Kier molecular flexibility index (Phi) is 2.28. The van der Waals surface area contributed by atoms with Gasteiger partial charge in [-0.15, -0.1) is 0 Å². The summed E-state index contributed by atoms with van der Waals surface area (Å²) < 4.78 is 5.20. The third kappa shape index (κ3) is 1.65. The molecule has 0 spiro atoms. The van der Waals surface area contributed by atoms with Crippen LogP contribution in [0.5, 0.6) is 5.75 Å². The molecule has 1 fully saturated rings. The van der Waals surface area contributed by atoms with Gasteiger partial charge in [-0.2, -0.15) is 0 Å². The largest absolute Gasteiger partial charge is 0.496 e. The lowest BCUT2D eigenvalue weighted by atomic mass is 10.0. The zero-order valence-corrected chi connectivity index (χ0v) is 8.54. The average molecular weight is 190 g/mol. The first-order valence-corrected chi connectivity index (χ1v) is 4.91. The van der Waals surface area contributed by atoms with Crippen molar-refractivity contribution in [1.29, 1.82) is 0 Å². The van der Waals surface area contributed by atoms with Crippen LogP contribution in [-0.2, 0) is 0 Å². The highest BCUT2D eigenvalue weighted by molar-refractivity contribution is 6.01. The zero-order valence-electron chi connectivity index (χ0n) is 8.54. The molecule has 1 aliphatic carbocycles. The number of carbonyl (C=O) groups is 1. The van der Waals surface area contributed by atoms with Gasteiger partial charge in [-0.3, -0.25) is 4.79 Å². The molecule has 1 aromatic carbocycles. The smallest absolute Gasteiger partial charge is 0.169 e. The Morgan fingerprint density at radius 2 is 2.14 bits per heavy atom. The van der Waals surface area contributed by atoms with Crippen molar-refractivity contribution in [1.82, 2.24) is 0 Å². The van der Waals surface area contributed by atoms with Crippen molar-refractivity contribution in [3.05, 3.63) is 29.3 Å². The molecule has 2 rings (SSSR count). The van der Waals surface area contributed by atoms with Crippen LogP contribution in [0.1, 0.15) is 28.8 Å². The van der Waals surface area contributed by atoms with Crippen molar-refractivity contribution >= 4 is 5.78 Å². The van der Waals surface area contributed by atoms with Crippen molar-refractivity contribution < 1.29 is 9.53 Å². The first-order valence-electron chi connectivity index (χ1n) is 4.91. The van der Waals surface area contributed by atoms with Crippen molar-refractivity contribution in [2.45, 2.75) is 19.8 Å². The monoisotopic (exact) mass is 190 g/mol. The number of Topliss-reactive ketones (excluding diaryl/α,β-unsaturated/α-hetero) is 1. The summed E-state index contributed by atoms with van der Waals surface area (Å²) in [6.07, 6.45) is 2.08. The quantitative estimate of drug-likeness (QED) is 0.685. The molecule has 1 aromatic rings. The van der Waals surface area contributed by atoms with Crippen LogP contribution < -0.4 is 4.74 Å². The first kappa shape index (κ1) is 9.25. The van der Waals surface area contributed by atoms with Crippen molar-refractivity contribution in [2.75, 3.05) is 7.11 Å². The van der Waals surface area contributed by atoms with E-state index in [0.29, 0.717) is 5.75 Å². The Morgan fingerprint density at radius 1 is 1.43 bits per heavy atom. The molecule has 0 atom stereocenters. The van der Waals surface area contributed by atoms with Crippen LogP contribution >= 0.6 is 0 Å². The Balaban J connectivity index is 2.35. The van der Waals surface area contributed by atoms with Gasteiger partial charge in [-0.25, -0.2) is 0 Å². The minimum absolute atomic E-state index is 0.238. The fraction of sp³-hybridized carbons (Fsp3) is 0.417. The molecule has 74 valence electrons. The minimum atomic E-state index is 0.238. The molecule has 0 saturated heterocycles. The molecule has 0 aromatic heterocycles. The third-order valence-corrected chi connectivity index (χ3v) is 2.57. The maximum absolute atomic E-state index is 11.8. The summed E-state index contributed by atoms with van der Waals surface area (Å²) in [5, 5.41) is 0. The summed E-state index contributed by atoms with van der Waals surface area (Å²) >= 11 is 0. The molecule has 2 nitrogen and oxygen atoms in total. The lowest BCUT2D eigenvalue weighted by molar-refractivity contribution is 0.0964. The SMILES string of the molecule is COc1cc(C)ccc1C(=O)C1CC1. The molecule has 2 heteroatoms. The molecule has 1 saturated carbocycles. The number of hydrogen-bond donors (Lipinski definition) is 0. The molecular formula is C12H14O2. The number of benzene rings is 1. The lowest BCUT2D eigenvalue weighted by Crippen LogP contribution is -2.04. The number of ether oxygens (including phenoxy) is 1. The second kappa shape index (κ2) is 3.45. The minimum Gasteiger partial charge on any atom is -0.496 e. The van der Waals surface area contributed by atoms with Gasteiger partial charge < -0.3 is 4.74 Å². The standard InChI is InChI=1S/C12H14O2/c1-8-3-6-10(11(7-8)14-2)12(13)9-4-5-9/h3,6-7,9H,4-5H2,1-2H3. The van der Waals surface area contributed by atoms with E-state index in [9.17, 15) is 4.79 Å². The van der Waals surface area contributed by atoms with Gasteiger partial charge in [-0.1, -0.05) is 6.07 Å². The Morgan fingerprint density at radius 3 is 2.71 bits per heavy atom. The number of hydrogen-bond acceptors (Lipinski definition) is 2. The van der Waals surface area contributed by atoms with Gasteiger partial charge in [0, 0.05) is 5.92 Å². The highest BCUT2D eigenvalue weighted by Gasteiger charge is 2.31. The van der Waals surface area contributed by atoms with Crippen LogP contribution in [0.25, 0.3) is 0 Å². The fourth-order valence-corrected chi connectivity index (χ4v) is 1.57. The van der Waals surface area contributed by atoms with Gasteiger partial charge in [0.15, 0.2) is 5.78 Å². The highest BCUT2D eigenvalue weighted by atomic mass is 16.5. The molecule has 0 aliphatic heterocycles. The normalized spacial score (nSPS) is 15.3. The summed E-state index contributed by atoms with van der Waals surface area (Å²) in [4.78, 5) is 11.8. The van der Waals surface area contributed by atoms with Crippen molar-refractivity contribution in [3.8, 4) is 5.75 Å². The molecular weight excluding hydrogens is 176 g/mol. The number of aryl methyl sites for hydroxylation is 1. The van der Waals surface area contributed by atoms with Crippen LogP contribution in [0.3, 0.4) is 0 Å². The Hall–Kier alpha value is -1.31. The molecule has 0 radical (unpaired) electrons. The van der Waals surface area contributed by atoms with Gasteiger partial charge in [0.1, 0.15) is 5.75 Å². The Labute approximate surface area is 83.9 Å². The highest BCUT2D eigenvalue weighted by Crippen LogP contribution is 2.35. The summed E-state index contributed by atoms with van der Waals surface area (Å²) in [7, 11) is 1.61. The summed E-state index contributed by atoms with van der Waals surface area (Å²) in [6, 6.07) is 5.74. The van der Waals surface area contributed by atoms with Crippen molar-refractivity contribution in [3.63, 3.8) is 0 Å². The second-order valence-corrected chi connectivity index (χ2v) is 3.84. The van der Waals surface area contributed by atoms with Crippen molar-refractivity contribution in [2.24, 2.45) is 5.92 Å². The van der Waals surface area contributed by atoms with E-state index in [1.54, 1.807) is 7.11 Å².